The quantitative estimate of drug-likeness (QED) is 0.923. The number of carbonyl (C=O) groups is 1. The van der Waals surface area contributed by atoms with E-state index in [1.165, 1.54) is 5.56 Å². The largest absolute Gasteiger partial charge is 0.321 e. The smallest absolute Gasteiger partial charge is 0.269 e. The van der Waals surface area contributed by atoms with Crippen LogP contribution in [0.3, 0.4) is 0 Å². The van der Waals surface area contributed by atoms with Crippen LogP contribution in [0.2, 0.25) is 0 Å². The van der Waals surface area contributed by atoms with Crippen LogP contribution in [0.1, 0.15) is 40.7 Å². The lowest BCUT2D eigenvalue weighted by Gasteiger charge is -2.07. The Kier molecular flexibility index (Phi) is 3.72. The van der Waals surface area contributed by atoms with E-state index in [2.05, 4.69) is 28.8 Å². The minimum Gasteiger partial charge on any atom is -0.321 e. The van der Waals surface area contributed by atoms with E-state index in [4.69, 9.17) is 0 Å². The van der Waals surface area contributed by atoms with Gasteiger partial charge in [0.05, 0.1) is 5.69 Å². The van der Waals surface area contributed by atoms with Crippen LogP contribution in [-0.4, -0.2) is 15.5 Å². The second-order valence-corrected chi connectivity index (χ2v) is 5.17. The topological polar surface area (TPSA) is 54.9 Å². The normalized spacial score (nSPS) is 10.7. The summed E-state index contributed by atoms with van der Waals surface area (Å²) >= 11 is 1.11. The van der Waals surface area contributed by atoms with Crippen molar-refractivity contribution < 1.29 is 4.79 Å². The highest BCUT2D eigenvalue weighted by Crippen LogP contribution is 2.18. The zero-order chi connectivity index (χ0) is 13.1. The third kappa shape index (κ3) is 2.73. The summed E-state index contributed by atoms with van der Waals surface area (Å²) in [4.78, 5) is 12.5. The predicted octanol–water partition coefficient (Wildman–Crippen LogP) is 3.22. The molecule has 0 saturated carbocycles. The van der Waals surface area contributed by atoms with Crippen molar-refractivity contribution in [3.05, 3.63) is 40.4 Å². The van der Waals surface area contributed by atoms with Gasteiger partial charge in [0, 0.05) is 5.69 Å². The molecule has 0 fully saturated rings. The van der Waals surface area contributed by atoms with Crippen molar-refractivity contribution in [1.29, 1.82) is 0 Å². The van der Waals surface area contributed by atoms with E-state index in [1.54, 1.807) is 6.92 Å². The molecular formula is C13H15N3OS. The zero-order valence-corrected chi connectivity index (χ0v) is 11.4. The summed E-state index contributed by atoms with van der Waals surface area (Å²) in [5.41, 5.74) is 2.71. The van der Waals surface area contributed by atoms with E-state index >= 15 is 0 Å². The summed E-state index contributed by atoms with van der Waals surface area (Å²) in [7, 11) is 0. The fourth-order valence-electron chi connectivity index (χ4n) is 1.58. The van der Waals surface area contributed by atoms with Gasteiger partial charge in [0.25, 0.3) is 5.91 Å². The summed E-state index contributed by atoms with van der Waals surface area (Å²) in [6, 6.07) is 7.88. The number of benzene rings is 1. The van der Waals surface area contributed by atoms with Gasteiger partial charge in [-0.3, -0.25) is 4.79 Å². The highest BCUT2D eigenvalue weighted by atomic mass is 32.1. The molecule has 0 saturated heterocycles. The molecule has 5 heteroatoms. The first-order chi connectivity index (χ1) is 8.58. The second-order valence-electron chi connectivity index (χ2n) is 4.42. The Labute approximate surface area is 110 Å². The number of amides is 1. The molecular weight excluding hydrogens is 246 g/mol. The predicted molar refractivity (Wildman–Crippen MR) is 73.1 cm³/mol. The number of aryl methyl sites for hydroxylation is 1. The number of hydrogen-bond donors (Lipinski definition) is 1. The highest BCUT2D eigenvalue weighted by Gasteiger charge is 2.13. The minimum atomic E-state index is -0.153. The molecule has 0 unspecified atom stereocenters. The van der Waals surface area contributed by atoms with E-state index < -0.39 is 0 Å². The number of rotatable bonds is 3. The van der Waals surface area contributed by atoms with Gasteiger partial charge in [-0.25, -0.2) is 0 Å². The van der Waals surface area contributed by atoms with Gasteiger partial charge >= 0.3 is 0 Å². The molecule has 0 atom stereocenters. The van der Waals surface area contributed by atoms with E-state index in [0.717, 1.165) is 17.2 Å². The number of nitrogens with zero attached hydrogens (tertiary/aromatic N) is 2. The van der Waals surface area contributed by atoms with Crippen LogP contribution in [0.4, 0.5) is 5.69 Å². The Bertz CT molecular complexity index is 546. The summed E-state index contributed by atoms with van der Waals surface area (Å²) < 4.78 is 3.75. The van der Waals surface area contributed by atoms with Crippen molar-refractivity contribution in [2.45, 2.75) is 26.7 Å². The van der Waals surface area contributed by atoms with Gasteiger partial charge in [-0.15, -0.1) is 5.10 Å². The Morgan fingerprint density at radius 2 is 1.94 bits per heavy atom. The summed E-state index contributed by atoms with van der Waals surface area (Å²) in [6.07, 6.45) is 0. The van der Waals surface area contributed by atoms with Crippen LogP contribution in [0, 0.1) is 6.92 Å². The molecule has 1 aromatic heterocycles. The first kappa shape index (κ1) is 12.7. The third-order valence-electron chi connectivity index (χ3n) is 2.69. The van der Waals surface area contributed by atoms with Gasteiger partial charge in [0.1, 0.15) is 4.88 Å². The molecule has 4 nitrogen and oxygen atoms in total. The molecule has 0 aliphatic rings. The number of aromatic nitrogens is 2. The van der Waals surface area contributed by atoms with Gasteiger partial charge in [0.2, 0.25) is 0 Å². The Balaban J connectivity index is 2.10. The molecule has 1 N–H and O–H groups in total. The molecule has 94 valence electrons. The maximum Gasteiger partial charge on any atom is 0.269 e. The van der Waals surface area contributed by atoms with Gasteiger partial charge in [-0.1, -0.05) is 30.5 Å². The lowest BCUT2D eigenvalue weighted by atomic mass is 10.0. The summed E-state index contributed by atoms with van der Waals surface area (Å²) in [5, 5.41) is 6.67. The lowest BCUT2D eigenvalue weighted by molar-refractivity contribution is 0.103. The second kappa shape index (κ2) is 5.27. The first-order valence-corrected chi connectivity index (χ1v) is 6.55. The minimum absolute atomic E-state index is 0.153. The Morgan fingerprint density at radius 1 is 1.28 bits per heavy atom. The first-order valence-electron chi connectivity index (χ1n) is 5.78. The van der Waals surface area contributed by atoms with Crippen LogP contribution in [0.5, 0.6) is 0 Å². The molecule has 2 rings (SSSR count). The maximum absolute atomic E-state index is 11.9. The SMILES string of the molecule is Cc1nnsc1C(=O)Nc1ccc(C(C)C)cc1. The molecule has 0 spiro atoms. The van der Waals surface area contributed by atoms with Crippen molar-refractivity contribution in [3.8, 4) is 0 Å². The molecule has 0 aliphatic carbocycles. The van der Waals surface area contributed by atoms with Crippen molar-refractivity contribution in [3.63, 3.8) is 0 Å². The van der Waals surface area contributed by atoms with Crippen molar-refractivity contribution in [1.82, 2.24) is 9.59 Å². The van der Waals surface area contributed by atoms with E-state index in [9.17, 15) is 4.79 Å². The van der Waals surface area contributed by atoms with E-state index in [1.807, 2.05) is 24.3 Å². The molecule has 18 heavy (non-hydrogen) atoms. The summed E-state index contributed by atoms with van der Waals surface area (Å²) in [5.74, 6) is 0.336. The molecule has 0 radical (unpaired) electrons. The molecule has 2 aromatic rings. The molecule has 0 aliphatic heterocycles. The third-order valence-corrected chi connectivity index (χ3v) is 3.52. The average Bonchev–Trinajstić information content (AvgIpc) is 2.76. The average molecular weight is 261 g/mol. The molecule has 1 heterocycles. The molecule has 0 bridgehead atoms. The molecule has 1 aromatic carbocycles. The number of carbonyl (C=O) groups excluding carboxylic acids is 1. The van der Waals surface area contributed by atoms with Crippen LogP contribution in [0.25, 0.3) is 0 Å². The Morgan fingerprint density at radius 3 is 2.44 bits per heavy atom. The highest BCUT2D eigenvalue weighted by molar-refractivity contribution is 7.08. The fourth-order valence-corrected chi connectivity index (χ4v) is 2.13. The standard InChI is InChI=1S/C13H15N3OS/c1-8(2)10-4-6-11(7-5-10)14-13(17)12-9(3)15-16-18-12/h4-8H,1-3H3,(H,14,17). The van der Waals surface area contributed by atoms with Crippen LogP contribution in [0.15, 0.2) is 24.3 Å². The van der Waals surface area contributed by atoms with Crippen molar-refractivity contribution in [2.75, 3.05) is 5.32 Å². The van der Waals surface area contributed by atoms with Crippen molar-refractivity contribution >= 4 is 23.1 Å². The van der Waals surface area contributed by atoms with E-state index in [0.29, 0.717) is 16.5 Å². The zero-order valence-electron chi connectivity index (χ0n) is 10.6. The van der Waals surface area contributed by atoms with Crippen LogP contribution >= 0.6 is 11.5 Å². The van der Waals surface area contributed by atoms with Gasteiger partial charge in [0.15, 0.2) is 0 Å². The fraction of sp³-hybridized carbons (Fsp3) is 0.308. The van der Waals surface area contributed by atoms with Crippen LogP contribution < -0.4 is 5.32 Å². The molecule has 1 amide bonds. The monoisotopic (exact) mass is 261 g/mol. The van der Waals surface area contributed by atoms with Gasteiger partial charge < -0.3 is 5.32 Å². The lowest BCUT2D eigenvalue weighted by Crippen LogP contribution is -2.11. The van der Waals surface area contributed by atoms with Gasteiger partial charge in [-0.2, -0.15) is 0 Å². The number of hydrogen-bond acceptors (Lipinski definition) is 4. The maximum atomic E-state index is 11.9. The van der Waals surface area contributed by atoms with Gasteiger partial charge in [-0.05, 0) is 42.1 Å². The van der Waals surface area contributed by atoms with Crippen LogP contribution in [-0.2, 0) is 0 Å². The van der Waals surface area contributed by atoms with Crippen molar-refractivity contribution in [2.24, 2.45) is 0 Å². The Hall–Kier alpha value is -1.75. The van der Waals surface area contributed by atoms with E-state index in [-0.39, 0.29) is 5.91 Å². The number of anilines is 1. The summed E-state index contributed by atoms with van der Waals surface area (Å²) in [6.45, 7) is 6.06. The number of nitrogens with one attached hydrogen (secondary N) is 1.